The average molecular weight is 485 g/mol. The summed E-state index contributed by atoms with van der Waals surface area (Å²) in [7, 11) is 0. The van der Waals surface area contributed by atoms with Gasteiger partial charge in [0.25, 0.3) is 5.89 Å². The summed E-state index contributed by atoms with van der Waals surface area (Å²) in [5, 5.41) is 2.81. The maximum Gasteiger partial charge on any atom is 0.311 e. The van der Waals surface area contributed by atoms with Gasteiger partial charge in [0.1, 0.15) is 6.26 Å². The van der Waals surface area contributed by atoms with E-state index >= 15 is 0 Å². The number of aromatic nitrogens is 4. The normalized spacial score (nSPS) is 13.8. The van der Waals surface area contributed by atoms with Gasteiger partial charge in [-0.1, -0.05) is 18.2 Å². The van der Waals surface area contributed by atoms with E-state index in [1.807, 2.05) is 36.5 Å². The lowest BCUT2D eigenvalue weighted by atomic mass is 10.1. The first-order valence-electron chi connectivity index (χ1n) is 11.1. The van der Waals surface area contributed by atoms with E-state index in [2.05, 4.69) is 26.3 Å². The molecule has 0 aliphatic carbocycles. The Balaban J connectivity index is 1.41. The first kappa shape index (κ1) is 21.4. The summed E-state index contributed by atoms with van der Waals surface area (Å²) in [5.74, 6) is 1.06. The van der Waals surface area contributed by atoms with Gasteiger partial charge >= 0.3 is 5.91 Å². The fourth-order valence-electron chi connectivity index (χ4n) is 3.94. The lowest BCUT2D eigenvalue weighted by molar-refractivity contribution is 0.0990. The quantitative estimate of drug-likeness (QED) is 0.389. The molecule has 1 amide bonds. The predicted molar refractivity (Wildman–Crippen MR) is 134 cm³/mol. The van der Waals surface area contributed by atoms with Crippen molar-refractivity contribution >= 4 is 39.0 Å². The van der Waals surface area contributed by atoms with Crippen molar-refractivity contribution in [3.8, 4) is 21.8 Å². The number of hydrogen-bond donors (Lipinski definition) is 1. The first-order chi connectivity index (χ1) is 17.2. The number of thiophene rings is 1. The summed E-state index contributed by atoms with van der Waals surface area (Å²) >= 11 is 1.66. The molecule has 5 aromatic rings. The van der Waals surface area contributed by atoms with Crippen LogP contribution in [-0.4, -0.2) is 52.1 Å². The summed E-state index contributed by atoms with van der Waals surface area (Å²) < 4.78 is 11.7. The number of pyridine rings is 1. The van der Waals surface area contributed by atoms with Gasteiger partial charge < -0.3 is 19.4 Å². The Morgan fingerprint density at radius 1 is 1.03 bits per heavy atom. The number of hydrogen-bond acceptors (Lipinski definition) is 9. The smallest absolute Gasteiger partial charge is 0.311 e. The van der Waals surface area contributed by atoms with E-state index in [1.165, 1.54) is 12.5 Å². The number of nitrogens with zero attached hydrogens (tertiary/aromatic N) is 5. The standard InChI is InChI=1S/C25H20N6O3S/c32-24(25-27-7-10-34-25)28-18-5-1-3-16(13-18)22-29-19-14-20(17-4-2-6-26-15-17)35-21(19)23(30-22)31-8-11-33-12-9-31/h1-7,10,13-15H,8-9,11-12H2,(H,28,32). The molecule has 5 heterocycles. The molecule has 0 radical (unpaired) electrons. The van der Waals surface area contributed by atoms with E-state index in [4.69, 9.17) is 19.1 Å². The van der Waals surface area contributed by atoms with E-state index in [1.54, 1.807) is 23.6 Å². The summed E-state index contributed by atoms with van der Waals surface area (Å²) in [4.78, 5) is 33.7. The van der Waals surface area contributed by atoms with Crippen molar-refractivity contribution in [2.75, 3.05) is 36.5 Å². The Labute approximate surface area is 204 Å². The molecule has 10 heteroatoms. The van der Waals surface area contributed by atoms with Gasteiger partial charge in [0.05, 0.1) is 29.6 Å². The average Bonchev–Trinajstić information content (AvgIpc) is 3.60. The Morgan fingerprint density at radius 3 is 2.71 bits per heavy atom. The summed E-state index contributed by atoms with van der Waals surface area (Å²) in [6.07, 6.45) is 6.42. The zero-order chi connectivity index (χ0) is 23.6. The first-order valence-corrected chi connectivity index (χ1v) is 11.9. The molecular weight excluding hydrogens is 464 g/mol. The second-order valence-corrected chi connectivity index (χ2v) is 8.96. The molecule has 1 saturated heterocycles. The molecule has 174 valence electrons. The third-order valence-corrected chi connectivity index (χ3v) is 6.78. The molecule has 1 fully saturated rings. The highest BCUT2D eigenvalue weighted by molar-refractivity contribution is 7.22. The van der Waals surface area contributed by atoms with Crippen molar-refractivity contribution in [3.05, 3.63) is 73.2 Å². The van der Waals surface area contributed by atoms with E-state index in [0.717, 1.165) is 45.1 Å². The Hall–Kier alpha value is -4.15. The number of carbonyl (C=O) groups is 1. The van der Waals surface area contributed by atoms with Crippen molar-refractivity contribution in [3.63, 3.8) is 0 Å². The largest absolute Gasteiger partial charge is 0.441 e. The molecule has 0 saturated carbocycles. The zero-order valence-electron chi connectivity index (χ0n) is 18.5. The van der Waals surface area contributed by atoms with Crippen LogP contribution in [0.2, 0.25) is 0 Å². The van der Waals surface area contributed by atoms with Crippen molar-refractivity contribution in [2.24, 2.45) is 0 Å². The van der Waals surface area contributed by atoms with Gasteiger partial charge in [-0.2, -0.15) is 0 Å². The van der Waals surface area contributed by atoms with Gasteiger partial charge in [-0.3, -0.25) is 9.78 Å². The van der Waals surface area contributed by atoms with E-state index < -0.39 is 5.91 Å². The number of nitrogens with one attached hydrogen (secondary N) is 1. The van der Waals surface area contributed by atoms with E-state index in [0.29, 0.717) is 24.7 Å². The summed E-state index contributed by atoms with van der Waals surface area (Å²) in [5.41, 5.74) is 3.31. The van der Waals surface area contributed by atoms with Crippen molar-refractivity contribution < 1.29 is 13.9 Å². The number of oxazole rings is 1. The third kappa shape index (κ3) is 4.36. The zero-order valence-corrected chi connectivity index (χ0v) is 19.4. The molecule has 1 aromatic carbocycles. The fraction of sp³-hybridized carbons (Fsp3) is 0.160. The highest BCUT2D eigenvalue weighted by Gasteiger charge is 2.21. The third-order valence-electron chi connectivity index (χ3n) is 5.62. The minimum absolute atomic E-state index is 0.00359. The molecule has 6 rings (SSSR count). The van der Waals surface area contributed by atoms with Gasteiger partial charge in [-0.15, -0.1) is 11.3 Å². The highest BCUT2D eigenvalue weighted by Crippen LogP contribution is 2.38. The number of carbonyl (C=O) groups excluding carboxylic acids is 1. The SMILES string of the molecule is O=C(Nc1cccc(-c2nc(N3CCOCC3)c3sc(-c4cccnc4)cc3n2)c1)c1ncco1. The maximum atomic E-state index is 12.4. The molecule has 1 aliphatic heterocycles. The number of amides is 1. The number of benzene rings is 1. The second kappa shape index (κ2) is 9.24. The molecule has 0 bridgehead atoms. The molecule has 9 nitrogen and oxygen atoms in total. The van der Waals surface area contributed by atoms with E-state index in [-0.39, 0.29) is 5.89 Å². The van der Waals surface area contributed by atoms with Gasteiger partial charge in [0.2, 0.25) is 0 Å². The number of fused-ring (bicyclic) bond motifs is 1. The van der Waals surface area contributed by atoms with Crippen LogP contribution < -0.4 is 10.2 Å². The Bertz CT molecular complexity index is 1480. The van der Waals surface area contributed by atoms with Crippen LogP contribution in [0.1, 0.15) is 10.7 Å². The highest BCUT2D eigenvalue weighted by atomic mass is 32.1. The van der Waals surface area contributed by atoms with Crippen LogP contribution >= 0.6 is 11.3 Å². The number of morpholine rings is 1. The molecule has 1 aliphatic rings. The molecule has 0 spiro atoms. The van der Waals surface area contributed by atoms with Crippen LogP contribution in [0, 0.1) is 0 Å². The molecule has 35 heavy (non-hydrogen) atoms. The van der Waals surface area contributed by atoms with Crippen LogP contribution in [0.25, 0.3) is 32.0 Å². The van der Waals surface area contributed by atoms with Crippen LogP contribution in [0.5, 0.6) is 0 Å². The summed E-state index contributed by atoms with van der Waals surface area (Å²) in [6, 6.07) is 13.5. The van der Waals surface area contributed by atoms with Gasteiger partial charge in [-0.05, 0) is 24.3 Å². The maximum absolute atomic E-state index is 12.4. The van der Waals surface area contributed by atoms with Crippen LogP contribution in [0.15, 0.2) is 71.7 Å². The van der Waals surface area contributed by atoms with Crippen LogP contribution in [-0.2, 0) is 4.74 Å². The molecular formula is C25H20N6O3S. The van der Waals surface area contributed by atoms with Gasteiger partial charge in [-0.25, -0.2) is 15.0 Å². The van der Waals surface area contributed by atoms with Gasteiger partial charge in [0, 0.05) is 47.2 Å². The monoisotopic (exact) mass is 484 g/mol. The van der Waals surface area contributed by atoms with Crippen molar-refractivity contribution in [1.29, 1.82) is 0 Å². The minimum Gasteiger partial charge on any atom is -0.441 e. The summed E-state index contributed by atoms with van der Waals surface area (Å²) in [6.45, 7) is 2.84. The van der Waals surface area contributed by atoms with Crippen molar-refractivity contribution in [1.82, 2.24) is 19.9 Å². The predicted octanol–water partition coefficient (Wildman–Crippen LogP) is 4.50. The lowest BCUT2D eigenvalue weighted by Crippen LogP contribution is -2.36. The number of rotatable bonds is 5. The van der Waals surface area contributed by atoms with Gasteiger partial charge in [0.15, 0.2) is 11.6 Å². The molecule has 4 aromatic heterocycles. The van der Waals surface area contributed by atoms with Crippen molar-refractivity contribution in [2.45, 2.75) is 0 Å². The minimum atomic E-state index is -0.420. The van der Waals surface area contributed by atoms with E-state index in [9.17, 15) is 4.79 Å². The molecule has 0 atom stereocenters. The molecule has 0 unspecified atom stereocenters. The second-order valence-electron chi connectivity index (χ2n) is 7.91. The number of ether oxygens (including phenoxy) is 1. The Kier molecular flexibility index (Phi) is 5.65. The molecule has 1 N–H and O–H groups in total. The number of anilines is 2. The topological polar surface area (TPSA) is 106 Å². The Morgan fingerprint density at radius 2 is 1.91 bits per heavy atom. The van der Waals surface area contributed by atoms with Crippen LogP contribution in [0.4, 0.5) is 11.5 Å². The fourth-order valence-corrected chi connectivity index (χ4v) is 5.04. The van der Waals surface area contributed by atoms with Crippen LogP contribution in [0.3, 0.4) is 0 Å². The lowest BCUT2D eigenvalue weighted by Gasteiger charge is -2.28.